The van der Waals surface area contributed by atoms with Gasteiger partial charge in [-0.25, -0.2) is 0 Å². The molecule has 5 heteroatoms. The molecule has 0 aliphatic rings. The molecule has 0 unspecified atom stereocenters. The van der Waals surface area contributed by atoms with Crippen molar-refractivity contribution in [1.82, 2.24) is 14.5 Å². The van der Waals surface area contributed by atoms with Gasteiger partial charge in [0.1, 0.15) is 0 Å². The highest BCUT2D eigenvalue weighted by Crippen LogP contribution is 2.36. The van der Waals surface area contributed by atoms with Gasteiger partial charge in [0, 0.05) is 48.6 Å². The van der Waals surface area contributed by atoms with Crippen LogP contribution in [0.3, 0.4) is 0 Å². The van der Waals surface area contributed by atoms with Crippen LogP contribution >= 0.6 is 0 Å². The van der Waals surface area contributed by atoms with Gasteiger partial charge in [-0.05, 0) is 51.0 Å². The van der Waals surface area contributed by atoms with Crippen molar-refractivity contribution in [2.75, 3.05) is 27.4 Å². The van der Waals surface area contributed by atoms with Crippen LogP contribution in [0.2, 0.25) is 0 Å². The molecule has 4 aromatic rings. The molecule has 4 rings (SSSR count). The van der Waals surface area contributed by atoms with Crippen molar-refractivity contribution in [3.05, 3.63) is 59.0 Å². The highest BCUT2D eigenvalue weighted by Gasteiger charge is 2.20. The second kappa shape index (κ2) is 8.17. The summed E-state index contributed by atoms with van der Waals surface area (Å²) in [5.41, 5.74) is 8.90. The molecule has 0 spiro atoms. The molecule has 0 atom stereocenters. The van der Waals surface area contributed by atoms with E-state index in [0.29, 0.717) is 13.2 Å². The lowest BCUT2D eigenvalue weighted by atomic mass is 9.95. The molecule has 0 saturated carbocycles. The van der Waals surface area contributed by atoms with Crippen LogP contribution < -0.4 is 0 Å². The summed E-state index contributed by atoms with van der Waals surface area (Å²) in [5.74, 6) is 0. The van der Waals surface area contributed by atoms with Crippen molar-refractivity contribution in [3.63, 3.8) is 0 Å². The number of aryl methyl sites for hydroxylation is 4. The lowest BCUT2D eigenvalue weighted by molar-refractivity contribution is 0.0915. The van der Waals surface area contributed by atoms with E-state index in [1.807, 2.05) is 6.20 Å². The summed E-state index contributed by atoms with van der Waals surface area (Å²) < 4.78 is 13.2. The van der Waals surface area contributed by atoms with E-state index in [4.69, 9.17) is 19.4 Å². The van der Waals surface area contributed by atoms with Crippen LogP contribution in [0.4, 0.5) is 0 Å². The van der Waals surface area contributed by atoms with Gasteiger partial charge in [-0.3, -0.25) is 9.97 Å². The van der Waals surface area contributed by atoms with Crippen LogP contribution in [0.1, 0.15) is 28.4 Å². The Hall–Kier alpha value is -2.76. The number of hydrogen-bond acceptors (Lipinski definition) is 4. The third kappa shape index (κ3) is 3.38. The van der Waals surface area contributed by atoms with Gasteiger partial charge in [-0.2, -0.15) is 0 Å². The number of nitrogens with zero attached hydrogens (tertiary/aromatic N) is 3. The van der Waals surface area contributed by atoms with Crippen LogP contribution in [0.5, 0.6) is 0 Å². The quantitative estimate of drug-likeness (QED) is 0.437. The molecular weight excluding hydrogens is 374 g/mol. The first-order chi connectivity index (χ1) is 14.5. The summed E-state index contributed by atoms with van der Waals surface area (Å²) in [6.07, 6.45) is 4.01. The fourth-order valence-electron chi connectivity index (χ4n) is 4.64. The predicted molar refractivity (Wildman–Crippen MR) is 122 cm³/mol. The standard InChI is InChI=1S/C25H29N3O2/c1-15-11-16(2)22(17(3)12-15)24-23-21(7-9-26-24)25-20(18(4)27-23)8-10-28(25)19(13-29-5)14-30-6/h7-12,19H,13-14H2,1-6H3. The fourth-order valence-corrected chi connectivity index (χ4v) is 4.64. The van der Waals surface area contributed by atoms with Crippen molar-refractivity contribution in [2.24, 2.45) is 0 Å². The zero-order valence-corrected chi connectivity index (χ0v) is 18.6. The van der Waals surface area contributed by atoms with Crippen LogP contribution in [-0.2, 0) is 9.47 Å². The highest BCUT2D eigenvalue weighted by molar-refractivity contribution is 6.09. The molecule has 1 aromatic carbocycles. The number of hydrogen-bond donors (Lipinski definition) is 0. The average Bonchev–Trinajstić information content (AvgIpc) is 3.14. The van der Waals surface area contributed by atoms with Gasteiger partial charge < -0.3 is 14.0 Å². The molecule has 0 saturated heterocycles. The summed E-state index contributed by atoms with van der Waals surface area (Å²) in [5, 5.41) is 2.25. The molecule has 0 aliphatic heterocycles. The van der Waals surface area contributed by atoms with E-state index < -0.39 is 0 Å². The van der Waals surface area contributed by atoms with Gasteiger partial charge in [0.15, 0.2) is 0 Å². The Bertz CT molecular complexity index is 1200. The van der Waals surface area contributed by atoms with Gasteiger partial charge >= 0.3 is 0 Å². The van der Waals surface area contributed by atoms with Crippen LogP contribution in [0.15, 0.2) is 36.7 Å². The predicted octanol–water partition coefficient (Wildman–Crippen LogP) is 5.32. The van der Waals surface area contributed by atoms with E-state index >= 15 is 0 Å². The van der Waals surface area contributed by atoms with Crippen LogP contribution in [0, 0.1) is 27.7 Å². The molecule has 0 aliphatic carbocycles. The SMILES string of the molecule is COCC(COC)n1ccc2c(C)nc3c(-c4c(C)cc(C)cc4C)nccc3c21. The summed E-state index contributed by atoms with van der Waals surface area (Å²) in [4.78, 5) is 9.80. The number of rotatable bonds is 6. The molecule has 0 radical (unpaired) electrons. The third-order valence-corrected chi connectivity index (χ3v) is 5.79. The number of ether oxygens (including phenoxy) is 2. The molecule has 0 fully saturated rings. The Labute approximate surface area is 177 Å². The van der Waals surface area contributed by atoms with E-state index in [2.05, 4.69) is 62.7 Å². The zero-order valence-electron chi connectivity index (χ0n) is 18.6. The Morgan fingerprint density at radius 2 is 1.60 bits per heavy atom. The summed E-state index contributed by atoms with van der Waals surface area (Å²) in [6, 6.07) is 8.72. The normalized spacial score (nSPS) is 11.8. The monoisotopic (exact) mass is 403 g/mol. The second-order valence-corrected chi connectivity index (χ2v) is 8.08. The molecule has 0 N–H and O–H groups in total. The summed E-state index contributed by atoms with van der Waals surface area (Å²) in [6.45, 7) is 9.65. The van der Waals surface area contributed by atoms with Crippen molar-refractivity contribution in [3.8, 4) is 11.3 Å². The van der Waals surface area contributed by atoms with Gasteiger partial charge in [-0.1, -0.05) is 17.7 Å². The van der Waals surface area contributed by atoms with Crippen molar-refractivity contribution in [2.45, 2.75) is 33.7 Å². The van der Waals surface area contributed by atoms with E-state index in [1.54, 1.807) is 14.2 Å². The first kappa shape index (κ1) is 20.5. The third-order valence-electron chi connectivity index (χ3n) is 5.79. The van der Waals surface area contributed by atoms with Crippen molar-refractivity contribution in [1.29, 1.82) is 0 Å². The fraction of sp³-hybridized carbons (Fsp3) is 0.360. The van der Waals surface area contributed by atoms with E-state index in [0.717, 1.165) is 33.2 Å². The minimum absolute atomic E-state index is 0.0852. The van der Waals surface area contributed by atoms with E-state index in [-0.39, 0.29) is 6.04 Å². The average molecular weight is 404 g/mol. The Morgan fingerprint density at radius 3 is 2.23 bits per heavy atom. The van der Waals surface area contributed by atoms with Crippen molar-refractivity contribution >= 4 is 21.8 Å². The Morgan fingerprint density at radius 1 is 0.933 bits per heavy atom. The van der Waals surface area contributed by atoms with Crippen LogP contribution in [-0.4, -0.2) is 42.0 Å². The number of methoxy groups -OCH3 is 2. The van der Waals surface area contributed by atoms with Crippen LogP contribution in [0.25, 0.3) is 33.1 Å². The topological polar surface area (TPSA) is 49.2 Å². The largest absolute Gasteiger partial charge is 0.382 e. The molecular formula is C25H29N3O2. The second-order valence-electron chi connectivity index (χ2n) is 8.08. The minimum Gasteiger partial charge on any atom is -0.382 e. The molecule has 30 heavy (non-hydrogen) atoms. The highest BCUT2D eigenvalue weighted by atomic mass is 16.5. The van der Waals surface area contributed by atoms with Crippen molar-refractivity contribution < 1.29 is 9.47 Å². The molecule has 0 bridgehead atoms. The summed E-state index contributed by atoms with van der Waals surface area (Å²) >= 11 is 0. The van der Waals surface area contributed by atoms with Gasteiger partial charge in [-0.15, -0.1) is 0 Å². The van der Waals surface area contributed by atoms with Gasteiger partial charge in [0.05, 0.1) is 36.0 Å². The lowest BCUT2D eigenvalue weighted by Crippen LogP contribution is -2.19. The maximum Gasteiger partial charge on any atom is 0.0989 e. The molecule has 156 valence electrons. The molecule has 3 heterocycles. The number of pyridine rings is 2. The number of benzene rings is 1. The Kier molecular flexibility index (Phi) is 5.58. The Balaban J connectivity index is 2.05. The minimum atomic E-state index is 0.0852. The summed E-state index contributed by atoms with van der Waals surface area (Å²) in [7, 11) is 3.45. The zero-order chi connectivity index (χ0) is 21.4. The maximum absolute atomic E-state index is 5.48. The number of fused-ring (bicyclic) bond motifs is 3. The molecule has 0 amide bonds. The van der Waals surface area contributed by atoms with E-state index in [1.165, 1.54) is 22.3 Å². The first-order valence-corrected chi connectivity index (χ1v) is 10.3. The van der Waals surface area contributed by atoms with E-state index in [9.17, 15) is 0 Å². The number of aromatic nitrogens is 3. The maximum atomic E-state index is 5.48. The first-order valence-electron chi connectivity index (χ1n) is 10.3. The lowest BCUT2D eigenvalue weighted by Gasteiger charge is -2.20. The smallest absolute Gasteiger partial charge is 0.0989 e. The molecule has 5 nitrogen and oxygen atoms in total. The van der Waals surface area contributed by atoms with Gasteiger partial charge in [0.2, 0.25) is 0 Å². The molecule has 3 aromatic heterocycles. The van der Waals surface area contributed by atoms with Gasteiger partial charge in [0.25, 0.3) is 0 Å².